The number of carbonyl (C=O) groups is 2. The van der Waals surface area contributed by atoms with Gasteiger partial charge < -0.3 is 15.5 Å². The molecule has 2 heterocycles. The van der Waals surface area contributed by atoms with Crippen LogP contribution in [0, 0.1) is 11.3 Å². The second-order valence-corrected chi connectivity index (χ2v) is 9.28. The fourth-order valence-electron chi connectivity index (χ4n) is 3.38. The molecular formula is C19H23N3O3S2. The van der Waals surface area contributed by atoms with Gasteiger partial charge in [0.25, 0.3) is 11.8 Å². The maximum atomic E-state index is 12.1. The lowest BCUT2D eigenvalue weighted by Crippen LogP contribution is -2.34. The molecule has 4 N–H and O–H groups in total. The van der Waals surface area contributed by atoms with E-state index in [-0.39, 0.29) is 16.3 Å². The molecule has 2 aromatic heterocycles. The second-order valence-electron chi connectivity index (χ2n) is 7.76. The van der Waals surface area contributed by atoms with Crippen LogP contribution in [-0.2, 0) is 12.8 Å². The van der Waals surface area contributed by atoms with Crippen molar-refractivity contribution in [2.45, 2.75) is 40.0 Å². The van der Waals surface area contributed by atoms with Crippen molar-refractivity contribution in [1.29, 1.82) is 0 Å². The van der Waals surface area contributed by atoms with Gasteiger partial charge in [-0.15, -0.1) is 11.3 Å². The summed E-state index contributed by atoms with van der Waals surface area (Å²) in [6.07, 6.45) is 4.17. The summed E-state index contributed by atoms with van der Waals surface area (Å²) in [5.41, 5.74) is 7.34. The number of nitrogens with one attached hydrogen (secondary N) is 2. The van der Waals surface area contributed by atoms with Gasteiger partial charge >= 0.3 is 0 Å². The van der Waals surface area contributed by atoms with Crippen LogP contribution >= 0.6 is 23.6 Å². The predicted molar refractivity (Wildman–Crippen MR) is 110 cm³/mol. The third-order valence-corrected chi connectivity index (χ3v) is 6.31. The number of thiocarbonyl (C=S) groups is 1. The first-order valence-electron chi connectivity index (χ1n) is 8.77. The number of fused-ring (bicyclic) bond motifs is 1. The van der Waals surface area contributed by atoms with Gasteiger partial charge in [-0.2, -0.15) is 0 Å². The highest BCUT2D eigenvalue weighted by Crippen LogP contribution is 2.44. The molecule has 0 aliphatic heterocycles. The third-order valence-electron chi connectivity index (χ3n) is 4.94. The van der Waals surface area contributed by atoms with Crippen LogP contribution in [-0.4, -0.2) is 16.9 Å². The summed E-state index contributed by atoms with van der Waals surface area (Å²) in [6.45, 7) is 6.72. The number of amides is 2. The SMILES string of the molecule is CC(C)(C)C1CCc2c(sc(NC(=S)NC(=O)c3ccco3)c2C(N)=O)C1. The number of hydrogen-bond acceptors (Lipinski definition) is 5. The Labute approximate surface area is 167 Å². The standard InChI is InChI=1S/C19H23N3O3S2/c1-19(2,3)10-6-7-11-13(9-10)27-17(14(11)15(20)23)22-18(26)21-16(24)12-5-4-8-25-12/h4-5,8,10H,6-7,9H2,1-3H3,(H2,20,23)(H2,21,22,24,26). The Morgan fingerprint density at radius 3 is 2.70 bits per heavy atom. The molecule has 0 fully saturated rings. The second kappa shape index (κ2) is 7.44. The number of thiophene rings is 1. The molecule has 8 heteroatoms. The van der Waals surface area contributed by atoms with Crippen LogP contribution in [0.4, 0.5) is 5.00 Å². The molecule has 6 nitrogen and oxygen atoms in total. The van der Waals surface area contributed by atoms with Crippen molar-refractivity contribution in [3.8, 4) is 0 Å². The molecule has 0 radical (unpaired) electrons. The molecule has 3 rings (SSSR count). The van der Waals surface area contributed by atoms with Crippen molar-refractivity contribution in [3.63, 3.8) is 0 Å². The van der Waals surface area contributed by atoms with Crippen LogP contribution in [0.2, 0.25) is 0 Å². The Hall–Kier alpha value is -2.19. The number of nitrogens with two attached hydrogens (primary N) is 1. The Balaban J connectivity index is 1.79. The van der Waals surface area contributed by atoms with Gasteiger partial charge in [0.15, 0.2) is 10.9 Å². The van der Waals surface area contributed by atoms with Gasteiger partial charge in [-0.3, -0.25) is 14.9 Å². The first kappa shape index (κ1) is 19.6. The monoisotopic (exact) mass is 405 g/mol. The summed E-state index contributed by atoms with van der Waals surface area (Å²) in [4.78, 5) is 25.3. The van der Waals surface area contributed by atoms with E-state index < -0.39 is 11.8 Å². The van der Waals surface area contributed by atoms with E-state index in [1.807, 2.05) is 0 Å². The van der Waals surface area contributed by atoms with Crippen molar-refractivity contribution >= 4 is 45.5 Å². The molecule has 0 bridgehead atoms. The van der Waals surface area contributed by atoms with Crippen LogP contribution in [0.3, 0.4) is 0 Å². The summed E-state index contributed by atoms with van der Waals surface area (Å²) < 4.78 is 5.05. The highest BCUT2D eigenvalue weighted by molar-refractivity contribution is 7.80. The first-order chi connectivity index (χ1) is 12.7. The predicted octanol–water partition coefficient (Wildman–Crippen LogP) is 3.72. The molecule has 0 spiro atoms. The molecule has 1 atom stereocenters. The fourth-order valence-corrected chi connectivity index (χ4v) is 4.98. The lowest BCUT2D eigenvalue weighted by atomic mass is 9.72. The smallest absolute Gasteiger partial charge is 0.293 e. The minimum Gasteiger partial charge on any atom is -0.459 e. The van der Waals surface area contributed by atoms with E-state index in [9.17, 15) is 9.59 Å². The molecule has 0 saturated carbocycles. The summed E-state index contributed by atoms with van der Waals surface area (Å²) in [6, 6.07) is 3.17. The van der Waals surface area contributed by atoms with Gasteiger partial charge in [0, 0.05) is 4.88 Å². The minimum absolute atomic E-state index is 0.102. The molecule has 1 unspecified atom stereocenters. The maximum Gasteiger partial charge on any atom is 0.293 e. The first-order valence-corrected chi connectivity index (χ1v) is 9.99. The fraction of sp³-hybridized carbons (Fsp3) is 0.421. The quantitative estimate of drug-likeness (QED) is 0.676. The van der Waals surface area contributed by atoms with E-state index in [0.29, 0.717) is 16.5 Å². The molecular weight excluding hydrogens is 382 g/mol. The maximum absolute atomic E-state index is 12.1. The molecule has 1 aliphatic rings. The number of hydrogen-bond donors (Lipinski definition) is 3. The van der Waals surface area contributed by atoms with Crippen molar-refractivity contribution in [2.24, 2.45) is 17.1 Å². The van der Waals surface area contributed by atoms with Crippen LogP contribution in [0.5, 0.6) is 0 Å². The van der Waals surface area contributed by atoms with Gasteiger partial charge in [-0.05, 0) is 60.5 Å². The number of furan rings is 1. The number of carbonyl (C=O) groups excluding carboxylic acids is 2. The van der Waals surface area contributed by atoms with Gasteiger partial charge in [-0.1, -0.05) is 20.8 Å². The van der Waals surface area contributed by atoms with E-state index in [1.165, 1.54) is 17.6 Å². The van der Waals surface area contributed by atoms with Crippen molar-refractivity contribution in [2.75, 3.05) is 5.32 Å². The lowest BCUT2D eigenvalue weighted by molar-refractivity contribution is 0.0949. The van der Waals surface area contributed by atoms with Crippen molar-refractivity contribution in [1.82, 2.24) is 5.32 Å². The zero-order valence-electron chi connectivity index (χ0n) is 15.5. The van der Waals surface area contributed by atoms with Gasteiger partial charge in [0.2, 0.25) is 0 Å². The Bertz CT molecular complexity index is 879. The summed E-state index contributed by atoms with van der Waals surface area (Å²) >= 11 is 6.71. The molecule has 0 aromatic carbocycles. The Kier molecular flexibility index (Phi) is 5.39. The molecule has 2 amide bonds. The van der Waals surface area contributed by atoms with Gasteiger partial charge in [0.05, 0.1) is 11.8 Å². The van der Waals surface area contributed by atoms with E-state index >= 15 is 0 Å². The highest BCUT2D eigenvalue weighted by atomic mass is 32.1. The number of rotatable bonds is 3. The van der Waals surface area contributed by atoms with E-state index in [0.717, 1.165) is 29.7 Å². The van der Waals surface area contributed by atoms with Crippen LogP contribution < -0.4 is 16.4 Å². The van der Waals surface area contributed by atoms with Gasteiger partial charge in [0.1, 0.15) is 5.00 Å². The van der Waals surface area contributed by atoms with E-state index in [2.05, 4.69) is 31.4 Å². The molecule has 0 saturated heterocycles. The molecule has 27 heavy (non-hydrogen) atoms. The number of primary amides is 1. The zero-order chi connectivity index (χ0) is 19.8. The largest absolute Gasteiger partial charge is 0.459 e. The van der Waals surface area contributed by atoms with Crippen LogP contribution in [0.1, 0.15) is 58.5 Å². The summed E-state index contributed by atoms with van der Waals surface area (Å²) in [7, 11) is 0. The molecule has 144 valence electrons. The zero-order valence-corrected chi connectivity index (χ0v) is 17.2. The Morgan fingerprint density at radius 1 is 1.37 bits per heavy atom. The highest BCUT2D eigenvalue weighted by Gasteiger charge is 2.33. The van der Waals surface area contributed by atoms with Crippen molar-refractivity contribution in [3.05, 3.63) is 40.2 Å². The minimum atomic E-state index is -0.482. The van der Waals surface area contributed by atoms with E-state index in [4.69, 9.17) is 22.4 Å². The number of anilines is 1. The van der Waals surface area contributed by atoms with E-state index in [1.54, 1.807) is 12.1 Å². The van der Waals surface area contributed by atoms with Crippen molar-refractivity contribution < 1.29 is 14.0 Å². The third kappa shape index (κ3) is 4.22. The molecule has 1 aliphatic carbocycles. The van der Waals surface area contributed by atoms with Gasteiger partial charge in [-0.25, -0.2) is 0 Å². The van der Waals surface area contributed by atoms with Crippen LogP contribution in [0.15, 0.2) is 22.8 Å². The normalized spacial score (nSPS) is 16.5. The summed E-state index contributed by atoms with van der Waals surface area (Å²) in [5, 5.41) is 6.21. The Morgan fingerprint density at radius 2 is 2.11 bits per heavy atom. The average molecular weight is 406 g/mol. The molecule has 2 aromatic rings. The lowest BCUT2D eigenvalue weighted by Gasteiger charge is -2.33. The summed E-state index contributed by atoms with van der Waals surface area (Å²) in [5.74, 6) is -0.229. The topological polar surface area (TPSA) is 97.4 Å². The average Bonchev–Trinajstić information content (AvgIpc) is 3.20. The van der Waals surface area contributed by atoms with Crippen LogP contribution in [0.25, 0.3) is 0 Å².